The molecule has 1 amide bonds. The van der Waals surface area contributed by atoms with E-state index in [2.05, 4.69) is 29.4 Å². The minimum absolute atomic E-state index is 0.00600. The van der Waals surface area contributed by atoms with Crippen molar-refractivity contribution >= 4 is 40.0 Å². The minimum Gasteiger partial charge on any atom is -0.325 e. The topological polar surface area (TPSA) is 59.1 Å². The van der Waals surface area contributed by atoms with E-state index in [1.165, 1.54) is 24.2 Å². The second kappa shape index (κ2) is 7.70. The molecule has 132 valence electrons. The molecule has 0 fully saturated rings. The van der Waals surface area contributed by atoms with E-state index in [1.54, 1.807) is 24.3 Å². The molecule has 1 N–H and O–H groups in total. The fraction of sp³-hybridized carbons (Fsp3) is 0.190. The zero-order valence-corrected chi connectivity index (χ0v) is 15.8. The lowest BCUT2D eigenvalue weighted by Crippen LogP contribution is -2.14. The van der Waals surface area contributed by atoms with Crippen LogP contribution in [0.4, 0.5) is 5.69 Å². The highest BCUT2D eigenvalue weighted by Gasteiger charge is 2.09. The van der Waals surface area contributed by atoms with Crippen LogP contribution in [0.2, 0.25) is 0 Å². The first kappa shape index (κ1) is 18.1. The summed E-state index contributed by atoms with van der Waals surface area (Å²) in [6.07, 6.45) is 0. The number of ketones is 1. The number of nitrogens with zero attached hydrogens (tertiary/aromatic N) is 1. The van der Waals surface area contributed by atoms with Crippen LogP contribution in [0, 0.1) is 13.8 Å². The molecule has 0 aliphatic carbocycles. The summed E-state index contributed by atoms with van der Waals surface area (Å²) in [5.74, 6) is 0.182. The van der Waals surface area contributed by atoms with Crippen LogP contribution >= 0.6 is 11.8 Å². The van der Waals surface area contributed by atoms with Crippen molar-refractivity contribution in [1.82, 2.24) is 4.98 Å². The molecule has 2 aromatic carbocycles. The molecule has 0 bridgehead atoms. The summed E-state index contributed by atoms with van der Waals surface area (Å²) >= 11 is 1.42. The Bertz CT molecular complexity index is 981. The van der Waals surface area contributed by atoms with Crippen LogP contribution in [0.1, 0.15) is 28.4 Å². The van der Waals surface area contributed by atoms with Crippen molar-refractivity contribution in [2.45, 2.75) is 25.8 Å². The number of hydrogen-bond donors (Lipinski definition) is 1. The summed E-state index contributed by atoms with van der Waals surface area (Å²) in [6.45, 7) is 5.59. The van der Waals surface area contributed by atoms with Crippen molar-refractivity contribution in [2.24, 2.45) is 0 Å². The van der Waals surface area contributed by atoms with Gasteiger partial charge in [-0.25, -0.2) is 4.98 Å². The van der Waals surface area contributed by atoms with Crippen LogP contribution in [0.15, 0.2) is 53.6 Å². The molecule has 0 unspecified atom stereocenters. The van der Waals surface area contributed by atoms with Crippen LogP contribution in [-0.2, 0) is 4.79 Å². The number of hydrogen-bond acceptors (Lipinski definition) is 4. The van der Waals surface area contributed by atoms with E-state index in [-0.39, 0.29) is 17.4 Å². The van der Waals surface area contributed by atoms with E-state index in [0.29, 0.717) is 11.3 Å². The van der Waals surface area contributed by atoms with E-state index < -0.39 is 0 Å². The maximum Gasteiger partial charge on any atom is 0.234 e. The first-order valence-electron chi connectivity index (χ1n) is 8.34. The normalized spacial score (nSPS) is 10.7. The highest BCUT2D eigenvalue weighted by atomic mass is 32.2. The molecular formula is C21H20N2O2S. The van der Waals surface area contributed by atoms with Gasteiger partial charge in [-0.15, -0.1) is 0 Å². The molecule has 1 heterocycles. The molecule has 0 spiro atoms. The summed E-state index contributed by atoms with van der Waals surface area (Å²) < 4.78 is 0. The zero-order valence-electron chi connectivity index (χ0n) is 15.0. The van der Waals surface area contributed by atoms with Gasteiger partial charge in [0.1, 0.15) is 5.03 Å². The van der Waals surface area contributed by atoms with Gasteiger partial charge in [0, 0.05) is 16.6 Å². The lowest BCUT2D eigenvalue weighted by molar-refractivity contribution is -0.113. The highest BCUT2D eigenvalue weighted by Crippen LogP contribution is 2.25. The van der Waals surface area contributed by atoms with Gasteiger partial charge in [-0.1, -0.05) is 23.4 Å². The Morgan fingerprint density at radius 3 is 2.46 bits per heavy atom. The molecule has 3 aromatic rings. The second-order valence-electron chi connectivity index (χ2n) is 6.28. The quantitative estimate of drug-likeness (QED) is 0.522. The molecule has 0 saturated heterocycles. The number of amides is 1. The number of pyridine rings is 1. The van der Waals surface area contributed by atoms with Crippen molar-refractivity contribution in [3.05, 3.63) is 65.2 Å². The van der Waals surface area contributed by atoms with Gasteiger partial charge in [-0.2, -0.15) is 0 Å². The Balaban J connectivity index is 1.65. The summed E-state index contributed by atoms with van der Waals surface area (Å²) in [6, 6.07) is 15.2. The van der Waals surface area contributed by atoms with Crippen molar-refractivity contribution < 1.29 is 9.59 Å². The molecule has 0 aliphatic heterocycles. The van der Waals surface area contributed by atoms with E-state index in [9.17, 15) is 9.59 Å². The molecule has 0 atom stereocenters. The number of aromatic nitrogens is 1. The number of anilines is 1. The summed E-state index contributed by atoms with van der Waals surface area (Å²) in [7, 11) is 0. The van der Waals surface area contributed by atoms with Gasteiger partial charge in [0.25, 0.3) is 0 Å². The number of fused-ring (bicyclic) bond motifs is 1. The van der Waals surface area contributed by atoms with Crippen LogP contribution in [0.5, 0.6) is 0 Å². The van der Waals surface area contributed by atoms with E-state index >= 15 is 0 Å². The zero-order chi connectivity index (χ0) is 18.7. The summed E-state index contributed by atoms with van der Waals surface area (Å²) in [4.78, 5) is 28.2. The minimum atomic E-state index is -0.101. The number of carbonyl (C=O) groups is 2. The first-order chi connectivity index (χ1) is 12.4. The maximum atomic E-state index is 12.2. The lowest BCUT2D eigenvalue weighted by Gasteiger charge is -2.08. The van der Waals surface area contributed by atoms with Gasteiger partial charge >= 0.3 is 0 Å². The third-order valence-electron chi connectivity index (χ3n) is 4.03. The third kappa shape index (κ3) is 4.29. The number of benzene rings is 2. The number of nitrogens with one attached hydrogen (secondary N) is 1. The molecule has 0 aliphatic rings. The average Bonchev–Trinajstić information content (AvgIpc) is 2.60. The van der Waals surface area contributed by atoms with Gasteiger partial charge in [-0.05, 0) is 68.8 Å². The second-order valence-corrected chi connectivity index (χ2v) is 7.24. The Kier molecular flexibility index (Phi) is 5.38. The monoisotopic (exact) mass is 364 g/mol. The Morgan fingerprint density at radius 1 is 1.04 bits per heavy atom. The largest absolute Gasteiger partial charge is 0.325 e. The Morgan fingerprint density at radius 2 is 1.77 bits per heavy atom. The average molecular weight is 364 g/mol. The molecule has 5 heteroatoms. The molecule has 4 nitrogen and oxygen atoms in total. The summed E-state index contributed by atoms with van der Waals surface area (Å²) in [5.41, 5.74) is 4.51. The Hall–Kier alpha value is -2.66. The molecule has 3 rings (SSSR count). The fourth-order valence-electron chi connectivity index (χ4n) is 2.65. The van der Waals surface area contributed by atoms with Crippen LogP contribution in [0.3, 0.4) is 0 Å². The SMILES string of the molecule is CC(=O)c1ccc(NC(=O)CSc2nc3ccc(C)cc3cc2C)cc1. The van der Waals surface area contributed by atoms with E-state index in [4.69, 9.17) is 0 Å². The van der Waals surface area contributed by atoms with Crippen molar-refractivity contribution in [2.75, 3.05) is 11.1 Å². The molecule has 26 heavy (non-hydrogen) atoms. The predicted molar refractivity (Wildman–Crippen MR) is 107 cm³/mol. The smallest absolute Gasteiger partial charge is 0.234 e. The Labute approximate surface area is 157 Å². The molecule has 1 aromatic heterocycles. The molecular weight excluding hydrogens is 344 g/mol. The van der Waals surface area contributed by atoms with Gasteiger partial charge in [0.15, 0.2) is 5.78 Å². The van der Waals surface area contributed by atoms with Crippen LogP contribution in [0.25, 0.3) is 10.9 Å². The van der Waals surface area contributed by atoms with Gasteiger partial charge in [-0.3, -0.25) is 9.59 Å². The van der Waals surface area contributed by atoms with Gasteiger partial charge < -0.3 is 5.32 Å². The van der Waals surface area contributed by atoms with E-state index in [0.717, 1.165) is 21.5 Å². The fourth-order valence-corrected chi connectivity index (χ4v) is 3.44. The number of Topliss-reactive ketones (excluding diaryl/α,β-unsaturated/α-hetero) is 1. The van der Waals surface area contributed by atoms with Gasteiger partial charge in [0.2, 0.25) is 5.91 Å². The summed E-state index contributed by atoms with van der Waals surface area (Å²) in [5, 5.41) is 4.82. The van der Waals surface area contributed by atoms with Crippen molar-refractivity contribution in [3.8, 4) is 0 Å². The van der Waals surface area contributed by atoms with E-state index in [1.807, 2.05) is 19.1 Å². The highest BCUT2D eigenvalue weighted by molar-refractivity contribution is 8.00. The van der Waals surface area contributed by atoms with Gasteiger partial charge in [0.05, 0.1) is 11.3 Å². The van der Waals surface area contributed by atoms with Crippen molar-refractivity contribution in [1.29, 1.82) is 0 Å². The number of thioether (sulfide) groups is 1. The standard InChI is InChI=1S/C21H20N2O2S/c1-13-4-9-19-17(10-13)11-14(2)21(23-19)26-12-20(25)22-18-7-5-16(6-8-18)15(3)24/h4-11H,12H2,1-3H3,(H,22,25). The number of rotatable bonds is 5. The van der Waals surface area contributed by atoms with Crippen molar-refractivity contribution in [3.63, 3.8) is 0 Å². The number of aryl methyl sites for hydroxylation is 2. The third-order valence-corrected chi connectivity index (χ3v) is 5.12. The predicted octanol–water partition coefficient (Wildman–Crippen LogP) is 4.79. The number of carbonyl (C=O) groups excluding carboxylic acids is 2. The molecule has 0 saturated carbocycles. The first-order valence-corrected chi connectivity index (χ1v) is 9.32. The lowest BCUT2D eigenvalue weighted by atomic mass is 10.1. The van der Waals surface area contributed by atoms with Crippen LogP contribution < -0.4 is 5.32 Å². The molecule has 0 radical (unpaired) electrons. The maximum absolute atomic E-state index is 12.2. The van der Waals surface area contributed by atoms with Crippen LogP contribution in [-0.4, -0.2) is 22.4 Å².